The number of benzene rings is 1. The number of nitrogens with two attached hydrogens (primary N) is 1. The van der Waals surface area contributed by atoms with E-state index in [9.17, 15) is 18.0 Å². The molecule has 1 rings (SSSR count). The Kier molecular flexibility index (Phi) is 5.35. The van der Waals surface area contributed by atoms with E-state index in [0.29, 0.717) is 5.69 Å². The van der Waals surface area contributed by atoms with Crippen LogP contribution in [0.4, 0.5) is 18.9 Å². The van der Waals surface area contributed by atoms with Crippen LogP contribution in [0.5, 0.6) is 0 Å². The fourth-order valence-electron chi connectivity index (χ4n) is 1.67. The quantitative estimate of drug-likeness (QED) is 0.866. The van der Waals surface area contributed by atoms with E-state index in [1.54, 1.807) is 0 Å². The number of rotatable bonds is 5. The molecule has 0 saturated carbocycles. The van der Waals surface area contributed by atoms with Gasteiger partial charge in [0.2, 0.25) is 5.91 Å². The maximum atomic E-state index is 12.3. The third-order valence-corrected chi connectivity index (χ3v) is 2.60. The van der Waals surface area contributed by atoms with Crippen LogP contribution in [0.1, 0.15) is 31.7 Å². The van der Waals surface area contributed by atoms with Gasteiger partial charge >= 0.3 is 6.18 Å². The van der Waals surface area contributed by atoms with Gasteiger partial charge in [-0.15, -0.1) is 0 Å². The second-order valence-corrected chi connectivity index (χ2v) is 4.38. The molecule has 0 bridgehead atoms. The Bertz CT molecular complexity index is 415. The van der Waals surface area contributed by atoms with Gasteiger partial charge in [-0.05, 0) is 30.7 Å². The number of hydrogen-bond donors (Lipinski definition) is 2. The molecule has 1 aromatic carbocycles. The number of hydrogen-bond acceptors (Lipinski definition) is 2. The first-order chi connectivity index (χ1) is 8.82. The topological polar surface area (TPSA) is 55.1 Å². The molecule has 3 nitrogen and oxygen atoms in total. The van der Waals surface area contributed by atoms with Crippen molar-refractivity contribution in [2.75, 3.05) is 5.32 Å². The van der Waals surface area contributed by atoms with E-state index in [2.05, 4.69) is 5.32 Å². The zero-order valence-corrected chi connectivity index (χ0v) is 10.6. The van der Waals surface area contributed by atoms with Gasteiger partial charge in [-0.25, -0.2) is 0 Å². The van der Waals surface area contributed by atoms with Crippen molar-refractivity contribution in [1.82, 2.24) is 0 Å². The summed E-state index contributed by atoms with van der Waals surface area (Å²) in [6.07, 6.45) is -2.59. The minimum Gasteiger partial charge on any atom is -0.327 e. The lowest BCUT2D eigenvalue weighted by molar-refractivity contribution is -0.137. The molecule has 0 radical (unpaired) electrons. The molecule has 3 N–H and O–H groups in total. The van der Waals surface area contributed by atoms with Crippen LogP contribution in [0, 0.1) is 0 Å². The molecule has 0 spiro atoms. The highest BCUT2D eigenvalue weighted by Gasteiger charge is 2.29. The van der Waals surface area contributed by atoms with Gasteiger partial charge in [0.15, 0.2) is 0 Å². The SMILES string of the molecule is CCCC(N)CC(=O)Nc1ccc(C(F)(F)F)cc1. The van der Waals surface area contributed by atoms with E-state index in [-0.39, 0.29) is 18.4 Å². The lowest BCUT2D eigenvalue weighted by Crippen LogP contribution is -2.26. The van der Waals surface area contributed by atoms with Crippen molar-refractivity contribution >= 4 is 11.6 Å². The number of amides is 1. The Morgan fingerprint density at radius 1 is 1.32 bits per heavy atom. The molecule has 19 heavy (non-hydrogen) atoms. The Labute approximate surface area is 110 Å². The van der Waals surface area contributed by atoms with Crippen LogP contribution in [0.25, 0.3) is 0 Å². The van der Waals surface area contributed by atoms with Gasteiger partial charge in [-0.3, -0.25) is 4.79 Å². The Morgan fingerprint density at radius 3 is 2.37 bits per heavy atom. The summed E-state index contributed by atoms with van der Waals surface area (Å²) in [6, 6.07) is 4.10. The van der Waals surface area contributed by atoms with E-state index < -0.39 is 11.7 Å². The summed E-state index contributed by atoms with van der Waals surface area (Å²) in [5.74, 6) is -0.291. The van der Waals surface area contributed by atoms with Gasteiger partial charge in [0.05, 0.1) is 5.56 Å². The number of carbonyl (C=O) groups is 1. The predicted octanol–water partition coefficient (Wildman–Crippen LogP) is 3.16. The van der Waals surface area contributed by atoms with Crippen LogP contribution in [-0.4, -0.2) is 11.9 Å². The molecule has 106 valence electrons. The zero-order valence-electron chi connectivity index (χ0n) is 10.6. The van der Waals surface area contributed by atoms with Crippen molar-refractivity contribution in [3.05, 3.63) is 29.8 Å². The van der Waals surface area contributed by atoms with Crippen molar-refractivity contribution in [3.8, 4) is 0 Å². The first-order valence-corrected chi connectivity index (χ1v) is 6.05. The molecule has 6 heteroatoms. The van der Waals surface area contributed by atoms with Crippen molar-refractivity contribution in [2.45, 2.75) is 38.4 Å². The minimum absolute atomic E-state index is 0.162. The molecule has 0 aliphatic carbocycles. The Morgan fingerprint density at radius 2 is 1.89 bits per heavy atom. The van der Waals surface area contributed by atoms with Crippen molar-refractivity contribution in [2.24, 2.45) is 5.73 Å². The van der Waals surface area contributed by atoms with E-state index in [0.717, 1.165) is 25.0 Å². The summed E-state index contributed by atoms with van der Waals surface area (Å²) in [7, 11) is 0. The highest BCUT2D eigenvalue weighted by atomic mass is 19.4. The first kappa shape index (κ1) is 15.5. The monoisotopic (exact) mass is 274 g/mol. The molecule has 0 saturated heterocycles. The second-order valence-electron chi connectivity index (χ2n) is 4.38. The fraction of sp³-hybridized carbons (Fsp3) is 0.462. The summed E-state index contributed by atoms with van der Waals surface area (Å²) >= 11 is 0. The summed E-state index contributed by atoms with van der Waals surface area (Å²) in [5.41, 5.74) is 5.30. The van der Waals surface area contributed by atoms with E-state index in [1.165, 1.54) is 12.1 Å². The fourth-order valence-corrected chi connectivity index (χ4v) is 1.67. The molecule has 1 atom stereocenters. The second kappa shape index (κ2) is 6.56. The van der Waals surface area contributed by atoms with Crippen molar-refractivity contribution in [1.29, 1.82) is 0 Å². The molecule has 1 aromatic rings. The van der Waals surface area contributed by atoms with Crippen LogP contribution < -0.4 is 11.1 Å². The summed E-state index contributed by atoms with van der Waals surface area (Å²) < 4.78 is 37.0. The third kappa shape index (κ3) is 5.30. The van der Waals surface area contributed by atoms with Crippen LogP contribution in [0.3, 0.4) is 0 Å². The van der Waals surface area contributed by atoms with Crippen molar-refractivity contribution < 1.29 is 18.0 Å². The number of carbonyl (C=O) groups excluding carboxylic acids is 1. The maximum Gasteiger partial charge on any atom is 0.416 e. The highest BCUT2D eigenvalue weighted by molar-refractivity contribution is 5.91. The summed E-state index contributed by atoms with van der Waals surface area (Å²) in [5, 5.41) is 2.52. The molecular formula is C13H17F3N2O. The Balaban J connectivity index is 2.56. The van der Waals surface area contributed by atoms with Gasteiger partial charge in [0.25, 0.3) is 0 Å². The third-order valence-electron chi connectivity index (χ3n) is 2.60. The number of halogens is 3. The number of alkyl halides is 3. The molecule has 0 aliphatic rings. The van der Waals surface area contributed by atoms with Gasteiger partial charge in [-0.2, -0.15) is 13.2 Å². The Hall–Kier alpha value is -1.56. The highest BCUT2D eigenvalue weighted by Crippen LogP contribution is 2.29. The van der Waals surface area contributed by atoms with Crippen LogP contribution in [-0.2, 0) is 11.0 Å². The minimum atomic E-state index is -4.37. The predicted molar refractivity (Wildman–Crippen MR) is 67.6 cm³/mol. The normalized spacial score (nSPS) is 13.1. The molecule has 0 aliphatic heterocycles. The molecule has 0 aromatic heterocycles. The van der Waals surface area contributed by atoms with Crippen molar-refractivity contribution in [3.63, 3.8) is 0 Å². The number of nitrogens with one attached hydrogen (secondary N) is 1. The first-order valence-electron chi connectivity index (χ1n) is 6.05. The van der Waals surface area contributed by atoms with Gasteiger partial charge in [0.1, 0.15) is 0 Å². The molecule has 0 heterocycles. The van der Waals surface area contributed by atoms with Crippen LogP contribution in [0.15, 0.2) is 24.3 Å². The molecule has 1 amide bonds. The van der Waals surface area contributed by atoms with Gasteiger partial charge in [0, 0.05) is 18.2 Å². The lowest BCUT2D eigenvalue weighted by atomic mass is 10.1. The lowest BCUT2D eigenvalue weighted by Gasteiger charge is -2.11. The van der Waals surface area contributed by atoms with Gasteiger partial charge in [-0.1, -0.05) is 13.3 Å². The zero-order chi connectivity index (χ0) is 14.5. The molecule has 0 fully saturated rings. The van der Waals surface area contributed by atoms with Crippen LogP contribution >= 0.6 is 0 Å². The largest absolute Gasteiger partial charge is 0.416 e. The average Bonchev–Trinajstić information content (AvgIpc) is 2.28. The molecular weight excluding hydrogens is 257 g/mol. The summed E-state index contributed by atoms with van der Waals surface area (Å²) in [6.45, 7) is 1.97. The van der Waals surface area contributed by atoms with E-state index in [4.69, 9.17) is 5.73 Å². The smallest absolute Gasteiger partial charge is 0.327 e. The maximum absolute atomic E-state index is 12.3. The van der Waals surface area contributed by atoms with E-state index >= 15 is 0 Å². The van der Waals surface area contributed by atoms with Gasteiger partial charge < -0.3 is 11.1 Å². The standard InChI is InChI=1S/C13H17F3N2O/c1-2-3-10(17)8-12(19)18-11-6-4-9(5-7-11)13(14,15)16/h4-7,10H,2-3,8,17H2,1H3,(H,18,19). The summed E-state index contributed by atoms with van der Waals surface area (Å²) in [4.78, 5) is 11.6. The number of anilines is 1. The van der Waals surface area contributed by atoms with Crippen LogP contribution in [0.2, 0.25) is 0 Å². The average molecular weight is 274 g/mol. The molecule has 1 unspecified atom stereocenters. The van der Waals surface area contributed by atoms with E-state index in [1.807, 2.05) is 6.92 Å².